The first kappa shape index (κ1) is 19.2. The minimum Gasteiger partial charge on any atom is -0.256 e. The Morgan fingerprint density at radius 2 is 1.73 bits per heavy atom. The molecule has 2 heteroatoms. The first-order valence-corrected chi connectivity index (χ1v) is 11.2. The van der Waals surface area contributed by atoms with Crippen LogP contribution in [-0.4, -0.2) is 4.98 Å². The average molecular weight is 396 g/mol. The van der Waals surface area contributed by atoms with E-state index in [9.17, 15) is 0 Å². The van der Waals surface area contributed by atoms with Crippen LogP contribution in [0.5, 0.6) is 0 Å². The molecule has 0 unspecified atom stereocenters. The number of fused-ring (bicyclic) bond motifs is 3. The Balaban J connectivity index is 1.63. The summed E-state index contributed by atoms with van der Waals surface area (Å²) in [7, 11) is 2.16. The largest absolute Gasteiger partial charge is 0.256 e. The van der Waals surface area contributed by atoms with Gasteiger partial charge in [0.15, 0.2) is 6.20 Å². The van der Waals surface area contributed by atoms with Crippen LogP contribution < -0.4 is 4.57 Å². The van der Waals surface area contributed by atoms with Gasteiger partial charge in [0.1, 0.15) is 7.05 Å². The highest BCUT2D eigenvalue weighted by atomic mass is 14.9. The summed E-state index contributed by atoms with van der Waals surface area (Å²) in [5, 5.41) is 3.71. The van der Waals surface area contributed by atoms with Crippen molar-refractivity contribution in [3.63, 3.8) is 0 Å². The van der Waals surface area contributed by atoms with E-state index in [1.165, 1.54) is 64.2 Å². The molecular formula is C28H31N2+. The molecule has 1 aliphatic rings. The van der Waals surface area contributed by atoms with Gasteiger partial charge in [0.25, 0.3) is 0 Å². The van der Waals surface area contributed by atoms with Crippen molar-refractivity contribution in [3.05, 3.63) is 72.1 Å². The van der Waals surface area contributed by atoms with Crippen molar-refractivity contribution in [1.82, 2.24) is 4.98 Å². The van der Waals surface area contributed by atoms with Gasteiger partial charge in [-0.15, -0.1) is 0 Å². The lowest BCUT2D eigenvalue weighted by Gasteiger charge is -2.34. The molecule has 0 bridgehead atoms. The fraction of sp³-hybridized carbons (Fsp3) is 0.357. The number of nitrogens with zero attached hydrogens (tertiary/aromatic N) is 2. The fourth-order valence-electron chi connectivity index (χ4n) is 5.13. The van der Waals surface area contributed by atoms with E-state index in [1.807, 2.05) is 6.20 Å². The van der Waals surface area contributed by atoms with Crippen LogP contribution in [-0.2, 0) is 7.05 Å². The predicted octanol–water partition coefficient (Wildman–Crippen LogP) is 6.87. The zero-order chi connectivity index (χ0) is 20.9. The number of hydrogen-bond donors (Lipinski definition) is 0. The molecule has 2 heterocycles. The van der Waals surface area contributed by atoms with Crippen molar-refractivity contribution in [3.8, 4) is 11.3 Å². The van der Waals surface area contributed by atoms with Gasteiger partial charge in [-0.2, -0.15) is 0 Å². The summed E-state index contributed by atoms with van der Waals surface area (Å²) in [4.78, 5) is 4.73. The molecular weight excluding hydrogens is 364 g/mol. The number of aromatic nitrogens is 2. The minimum absolute atomic E-state index is 0.502. The predicted molar refractivity (Wildman–Crippen MR) is 126 cm³/mol. The second-order valence-corrected chi connectivity index (χ2v) is 9.92. The van der Waals surface area contributed by atoms with Gasteiger partial charge in [0.2, 0.25) is 5.69 Å². The molecule has 5 rings (SSSR count). The number of hydrogen-bond acceptors (Lipinski definition) is 1. The van der Waals surface area contributed by atoms with Gasteiger partial charge in [0, 0.05) is 34.7 Å². The molecule has 0 amide bonds. The van der Waals surface area contributed by atoms with Crippen molar-refractivity contribution in [2.75, 3.05) is 0 Å². The van der Waals surface area contributed by atoms with Crippen LogP contribution in [0.15, 0.2) is 60.9 Å². The molecule has 0 radical (unpaired) electrons. The van der Waals surface area contributed by atoms with E-state index in [0.29, 0.717) is 11.3 Å². The summed E-state index contributed by atoms with van der Waals surface area (Å²) < 4.78 is 2.27. The molecule has 0 aliphatic heterocycles. The molecule has 4 aromatic rings. The third-order valence-corrected chi connectivity index (χ3v) is 7.20. The number of rotatable bonds is 2. The zero-order valence-corrected chi connectivity index (χ0v) is 18.6. The highest BCUT2D eigenvalue weighted by molar-refractivity contribution is 6.06. The summed E-state index contributed by atoms with van der Waals surface area (Å²) in [6.07, 6.45) is 9.47. The van der Waals surface area contributed by atoms with Crippen molar-refractivity contribution in [2.24, 2.45) is 12.5 Å². The number of benzene rings is 2. The topological polar surface area (TPSA) is 16.8 Å². The van der Waals surface area contributed by atoms with Gasteiger partial charge in [-0.1, -0.05) is 38.1 Å². The second-order valence-electron chi connectivity index (χ2n) is 9.92. The van der Waals surface area contributed by atoms with Crippen LogP contribution in [0.2, 0.25) is 0 Å². The Morgan fingerprint density at radius 1 is 0.967 bits per heavy atom. The van der Waals surface area contributed by atoms with E-state index in [2.05, 4.69) is 87.1 Å². The molecule has 0 spiro atoms. The van der Waals surface area contributed by atoms with Crippen LogP contribution >= 0.6 is 0 Å². The Labute approximate surface area is 179 Å². The number of aryl methyl sites for hydroxylation is 2. The van der Waals surface area contributed by atoms with Gasteiger partial charge in [-0.25, -0.2) is 4.57 Å². The molecule has 2 nitrogen and oxygen atoms in total. The van der Waals surface area contributed by atoms with E-state index in [-0.39, 0.29) is 0 Å². The fourth-order valence-corrected chi connectivity index (χ4v) is 5.13. The summed E-state index contributed by atoms with van der Waals surface area (Å²) in [5.74, 6) is 0.682. The van der Waals surface area contributed by atoms with Gasteiger partial charge in [-0.05, 0) is 72.6 Å². The Morgan fingerprint density at radius 3 is 2.53 bits per heavy atom. The summed E-state index contributed by atoms with van der Waals surface area (Å²) >= 11 is 0. The van der Waals surface area contributed by atoms with E-state index in [1.54, 1.807) is 0 Å². The minimum atomic E-state index is 0.502. The maximum Gasteiger partial charge on any atom is 0.212 e. The van der Waals surface area contributed by atoms with E-state index < -0.39 is 0 Å². The van der Waals surface area contributed by atoms with Gasteiger partial charge < -0.3 is 0 Å². The Bertz CT molecular complexity index is 1240. The Hall–Kier alpha value is -2.74. The monoisotopic (exact) mass is 395 g/mol. The first-order valence-electron chi connectivity index (χ1n) is 11.2. The normalized spacial score (nSPS) is 16.9. The van der Waals surface area contributed by atoms with Crippen LogP contribution in [0, 0.1) is 12.3 Å². The smallest absolute Gasteiger partial charge is 0.212 e. The third kappa shape index (κ3) is 3.39. The molecule has 30 heavy (non-hydrogen) atoms. The van der Waals surface area contributed by atoms with E-state index in [4.69, 9.17) is 4.98 Å². The second kappa shape index (κ2) is 7.19. The molecule has 1 aliphatic carbocycles. The molecule has 1 saturated carbocycles. The highest BCUT2D eigenvalue weighted by Gasteiger charge is 2.28. The Kier molecular flexibility index (Phi) is 4.61. The van der Waals surface area contributed by atoms with E-state index >= 15 is 0 Å². The quantitative estimate of drug-likeness (QED) is 0.267. The van der Waals surface area contributed by atoms with Crippen molar-refractivity contribution in [2.45, 2.75) is 52.4 Å². The van der Waals surface area contributed by atoms with Crippen LogP contribution in [0.3, 0.4) is 0 Å². The van der Waals surface area contributed by atoms with Crippen molar-refractivity contribution >= 4 is 21.7 Å². The molecule has 0 saturated heterocycles. The lowest BCUT2D eigenvalue weighted by atomic mass is 9.71. The van der Waals surface area contributed by atoms with Gasteiger partial charge >= 0.3 is 0 Å². The number of pyridine rings is 2. The summed E-state index contributed by atoms with van der Waals surface area (Å²) in [6.45, 7) is 7.04. The summed E-state index contributed by atoms with van der Waals surface area (Å²) in [5.41, 5.74) is 6.95. The van der Waals surface area contributed by atoms with Crippen molar-refractivity contribution < 1.29 is 4.57 Å². The molecule has 0 N–H and O–H groups in total. The van der Waals surface area contributed by atoms with Crippen LogP contribution in [0.4, 0.5) is 0 Å². The van der Waals surface area contributed by atoms with Crippen molar-refractivity contribution in [1.29, 1.82) is 0 Å². The molecule has 152 valence electrons. The maximum atomic E-state index is 4.73. The molecule has 1 fully saturated rings. The lowest BCUT2D eigenvalue weighted by molar-refractivity contribution is -0.660. The molecule has 2 aromatic heterocycles. The maximum absolute atomic E-state index is 4.73. The van der Waals surface area contributed by atoms with Gasteiger partial charge in [-0.3, -0.25) is 4.98 Å². The lowest BCUT2D eigenvalue weighted by Crippen LogP contribution is -2.31. The highest BCUT2D eigenvalue weighted by Crippen LogP contribution is 2.42. The average Bonchev–Trinajstić information content (AvgIpc) is 2.74. The summed E-state index contributed by atoms with van der Waals surface area (Å²) in [6, 6.07) is 17.9. The van der Waals surface area contributed by atoms with Crippen LogP contribution in [0.25, 0.3) is 32.9 Å². The first-order chi connectivity index (χ1) is 14.4. The standard InChI is InChI=1S/C28H31N2/c1-19-15-26-25(23-8-6-5-7-22(23)18-29-26)17-24(19)27-16-21(11-14-30(27)4)20-9-12-28(2,3)13-10-20/h5-8,11,14-18,20H,9-10,12-13H2,1-4H3/q+1. The van der Waals surface area contributed by atoms with E-state index in [0.717, 1.165) is 5.52 Å². The molecule has 0 atom stereocenters. The third-order valence-electron chi connectivity index (χ3n) is 7.20. The van der Waals surface area contributed by atoms with Crippen LogP contribution in [0.1, 0.15) is 56.6 Å². The van der Waals surface area contributed by atoms with Gasteiger partial charge in [0.05, 0.1) is 5.52 Å². The zero-order valence-electron chi connectivity index (χ0n) is 18.6. The SMILES string of the molecule is Cc1cc2ncc3ccccc3c2cc1-c1cc(C2CCC(C)(C)CC2)cc[n+]1C. The molecule has 2 aromatic carbocycles.